The largest absolute Gasteiger partial charge is 0.495 e. The van der Waals surface area contributed by atoms with Crippen molar-refractivity contribution >= 4 is 39.1 Å². The van der Waals surface area contributed by atoms with Crippen LogP contribution < -0.4 is 14.8 Å². The molecule has 3 rings (SSSR count). The molecule has 0 fully saturated rings. The molecule has 0 bridgehead atoms. The van der Waals surface area contributed by atoms with Gasteiger partial charge in [0.05, 0.1) is 36.3 Å². The first kappa shape index (κ1) is 18.3. The summed E-state index contributed by atoms with van der Waals surface area (Å²) in [7, 11) is -0.700. The average molecular weight is 398 g/mol. The van der Waals surface area contributed by atoms with E-state index in [1.807, 2.05) is 0 Å². The second kappa shape index (κ2) is 7.00. The fourth-order valence-corrected chi connectivity index (χ4v) is 3.76. The fraction of sp³-hybridized carbons (Fsp3) is 0.250. The molecular formula is C16H16ClN3O5S. The molecule has 10 heteroatoms. The zero-order valence-electron chi connectivity index (χ0n) is 14.0. The minimum absolute atomic E-state index is 0.0937. The lowest BCUT2D eigenvalue weighted by Gasteiger charge is -2.28. The van der Waals surface area contributed by atoms with E-state index in [4.69, 9.17) is 21.1 Å². The van der Waals surface area contributed by atoms with Crippen LogP contribution in [0.15, 0.2) is 40.5 Å². The van der Waals surface area contributed by atoms with Crippen molar-refractivity contribution < 1.29 is 22.7 Å². The van der Waals surface area contributed by atoms with E-state index in [0.717, 1.165) is 0 Å². The van der Waals surface area contributed by atoms with Gasteiger partial charge in [-0.1, -0.05) is 11.6 Å². The van der Waals surface area contributed by atoms with Crippen molar-refractivity contribution in [2.75, 3.05) is 31.8 Å². The first-order valence-corrected chi connectivity index (χ1v) is 9.54. The second-order valence-electron chi connectivity index (χ2n) is 5.46. The van der Waals surface area contributed by atoms with Gasteiger partial charge in [0, 0.05) is 24.9 Å². The summed E-state index contributed by atoms with van der Waals surface area (Å²) >= 11 is 6.06. The summed E-state index contributed by atoms with van der Waals surface area (Å²) in [5.41, 5.74) is 0.465. The van der Waals surface area contributed by atoms with Gasteiger partial charge in [0.25, 0.3) is 15.9 Å². The third-order valence-electron chi connectivity index (χ3n) is 3.82. The smallest absolute Gasteiger partial charge is 0.259 e. The number of nitrogens with zero attached hydrogens (tertiary/aromatic N) is 2. The van der Waals surface area contributed by atoms with E-state index in [9.17, 15) is 13.2 Å². The normalized spacial score (nSPS) is 17.7. The monoisotopic (exact) mass is 397 g/mol. The molecule has 2 heterocycles. The minimum Gasteiger partial charge on any atom is -0.495 e. The molecule has 26 heavy (non-hydrogen) atoms. The second-order valence-corrected chi connectivity index (χ2v) is 7.62. The standard InChI is InChI=1S/C16H16ClN3O5S/c1-24-13-9-12(14(25-2)8-11(13)17)18-16(21)10-4-3-5-20-6-7-26(22,23)19-15(10)20/h3-5,8-9H,6-7H2,1-2H3,(H,18,21). The van der Waals surface area contributed by atoms with Crippen LogP contribution >= 0.6 is 11.6 Å². The molecule has 0 aliphatic carbocycles. The number of hydrogen-bond donors (Lipinski definition) is 1. The number of amidine groups is 1. The highest BCUT2D eigenvalue weighted by Crippen LogP contribution is 2.36. The first-order chi connectivity index (χ1) is 12.3. The van der Waals surface area contributed by atoms with Crippen LogP contribution in [0.1, 0.15) is 0 Å². The molecule has 1 aromatic rings. The van der Waals surface area contributed by atoms with Crippen LogP contribution in [-0.2, 0) is 14.8 Å². The van der Waals surface area contributed by atoms with Gasteiger partial charge < -0.3 is 19.7 Å². The summed E-state index contributed by atoms with van der Waals surface area (Å²) in [5.74, 6) is 0.164. The zero-order chi connectivity index (χ0) is 18.9. The van der Waals surface area contributed by atoms with Crippen LogP contribution in [-0.4, -0.2) is 51.6 Å². The Balaban J connectivity index is 1.94. The summed E-state index contributed by atoms with van der Waals surface area (Å²) < 4.78 is 37.7. The number of sulfonamides is 1. The van der Waals surface area contributed by atoms with E-state index in [-0.39, 0.29) is 23.7 Å². The predicted octanol–water partition coefficient (Wildman–Crippen LogP) is 1.79. The maximum absolute atomic E-state index is 12.7. The molecule has 0 spiro atoms. The average Bonchev–Trinajstić information content (AvgIpc) is 2.61. The van der Waals surface area contributed by atoms with Crippen LogP contribution in [0, 0.1) is 0 Å². The molecule has 1 amide bonds. The van der Waals surface area contributed by atoms with Gasteiger partial charge >= 0.3 is 0 Å². The third-order valence-corrected chi connectivity index (χ3v) is 5.27. The molecule has 0 saturated carbocycles. The molecule has 1 aromatic carbocycles. The van der Waals surface area contributed by atoms with Crippen molar-refractivity contribution in [3.05, 3.63) is 41.1 Å². The van der Waals surface area contributed by atoms with E-state index < -0.39 is 15.9 Å². The Morgan fingerprint density at radius 1 is 1.27 bits per heavy atom. The lowest BCUT2D eigenvalue weighted by Crippen LogP contribution is -2.40. The SMILES string of the molecule is COc1cc(NC(=O)C2=CC=CN3CCS(=O)(=O)N=C23)c(OC)cc1Cl. The quantitative estimate of drug-likeness (QED) is 0.831. The number of anilines is 1. The van der Waals surface area contributed by atoms with E-state index in [2.05, 4.69) is 9.71 Å². The van der Waals surface area contributed by atoms with Gasteiger partial charge in [-0.15, -0.1) is 4.40 Å². The summed E-state index contributed by atoms with van der Waals surface area (Å²) in [5, 5.41) is 3.02. The van der Waals surface area contributed by atoms with Gasteiger partial charge in [-0.05, 0) is 12.2 Å². The number of ether oxygens (including phenoxy) is 2. The number of carbonyl (C=O) groups is 1. The van der Waals surface area contributed by atoms with E-state index in [1.165, 1.54) is 32.4 Å². The molecular weight excluding hydrogens is 382 g/mol. The van der Waals surface area contributed by atoms with Crippen molar-refractivity contribution in [1.82, 2.24) is 4.90 Å². The fourth-order valence-electron chi connectivity index (χ4n) is 2.54. The highest BCUT2D eigenvalue weighted by atomic mass is 35.5. The Morgan fingerprint density at radius 2 is 2.00 bits per heavy atom. The van der Waals surface area contributed by atoms with Crippen LogP contribution in [0.25, 0.3) is 0 Å². The first-order valence-electron chi connectivity index (χ1n) is 7.55. The highest BCUT2D eigenvalue weighted by Gasteiger charge is 2.30. The number of amides is 1. The number of rotatable bonds is 4. The predicted molar refractivity (Wildman–Crippen MR) is 98.3 cm³/mol. The van der Waals surface area contributed by atoms with E-state index in [1.54, 1.807) is 17.2 Å². The number of fused-ring (bicyclic) bond motifs is 1. The highest BCUT2D eigenvalue weighted by molar-refractivity contribution is 7.90. The molecule has 0 unspecified atom stereocenters. The summed E-state index contributed by atoms with van der Waals surface area (Å²) in [6.45, 7) is 0.236. The molecule has 2 aliphatic heterocycles. The number of benzene rings is 1. The van der Waals surface area contributed by atoms with Crippen molar-refractivity contribution in [2.45, 2.75) is 0 Å². The number of halogens is 1. The van der Waals surface area contributed by atoms with E-state index in [0.29, 0.717) is 22.2 Å². The van der Waals surface area contributed by atoms with Crippen molar-refractivity contribution in [2.24, 2.45) is 4.40 Å². The lowest BCUT2D eigenvalue weighted by molar-refractivity contribution is -0.112. The summed E-state index contributed by atoms with van der Waals surface area (Å²) in [6, 6.07) is 3.04. The number of hydrogen-bond acceptors (Lipinski definition) is 6. The van der Waals surface area contributed by atoms with Gasteiger partial charge in [-0.3, -0.25) is 4.79 Å². The maximum atomic E-state index is 12.7. The molecule has 0 aromatic heterocycles. The number of nitrogens with one attached hydrogen (secondary N) is 1. The van der Waals surface area contributed by atoms with Gasteiger partial charge in [0.2, 0.25) is 0 Å². The van der Waals surface area contributed by atoms with Crippen LogP contribution in [0.4, 0.5) is 5.69 Å². The van der Waals surface area contributed by atoms with Crippen molar-refractivity contribution in [3.63, 3.8) is 0 Å². The van der Waals surface area contributed by atoms with Crippen LogP contribution in [0.5, 0.6) is 11.5 Å². The molecule has 8 nitrogen and oxygen atoms in total. The molecule has 1 N–H and O–H groups in total. The number of carbonyl (C=O) groups excluding carboxylic acids is 1. The molecule has 0 radical (unpaired) electrons. The van der Waals surface area contributed by atoms with Crippen LogP contribution in [0.2, 0.25) is 5.02 Å². The Labute approximate surface area is 155 Å². The summed E-state index contributed by atoms with van der Waals surface area (Å²) in [4.78, 5) is 14.4. The third kappa shape index (κ3) is 3.54. The zero-order valence-corrected chi connectivity index (χ0v) is 15.6. The van der Waals surface area contributed by atoms with Crippen molar-refractivity contribution in [3.8, 4) is 11.5 Å². The minimum atomic E-state index is -3.59. The van der Waals surface area contributed by atoms with Gasteiger partial charge in [-0.25, -0.2) is 8.42 Å². The molecule has 2 aliphatic rings. The molecule has 0 saturated heterocycles. The van der Waals surface area contributed by atoms with Gasteiger partial charge in [0.1, 0.15) is 11.5 Å². The Morgan fingerprint density at radius 3 is 2.69 bits per heavy atom. The Hall–Kier alpha value is -2.52. The maximum Gasteiger partial charge on any atom is 0.259 e. The van der Waals surface area contributed by atoms with Gasteiger partial charge in [0.15, 0.2) is 5.84 Å². The van der Waals surface area contributed by atoms with Crippen LogP contribution in [0.3, 0.4) is 0 Å². The number of allylic oxidation sites excluding steroid dienone is 2. The number of methoxy groups -OCH3 is 2. The lowest BCUT2D eigenvalue weighted by atomic mass is 10.1. The Bertz CT molecular complexity index is 953. The topological polar surface area (TPSA) is 97.3 Å². The molecule has 0 atom stereocenters. The molecule has 138 valence electrons. The Kier molecular flexibility index (Phi) is 4.92. The van der Waals surface area contributed by atoms with Gasteiger partial charge in [-0.2, -0.15) is 0 Å². The van der Waals surface area contributed by atoms with E-state index >= 15 is 0 Å². The summed E-state index contributed by atoms with van der Waals surface area (Å²) in [6.07, 6.45) is 4.84. The van der Waals surface area contributed by atoms with Crippen molar-refractivity contribution in [1.29, 1.82) is 0 Å².